The van der Waals surface area contributed by atoms with Crippen molar-refractivity contribution in [1.29, 1.82) is 0 Å². The number of rotatable bonds is 4. The van der Waals surface area contributed by atoms with E-state index in [4.69, 9.17) is 5.73 Å². The molecule has 11 heavy (non-hydrogen) atoms. The molecule has 0 atom stereocenters. The summed E-state index contributed by atoms with van der Waals surface area (Å²) in [4.78, 5) is 10.4. The Labute approximate surface area is 70.4 Å². The van der Waals surface area contributed by atoms with Gasteiger partial charge in [0.1, 0.15) is 6.61 Å². The van der Waals surface area contributed by atoms with E-state index < -0.39 is 5.97 Å². The number of ether oxygens (including phenoxy) is 1. The molecular formula is C6H10N2O2S. The van der Waals surface area contributed by atoms with Crippen molar-refractivity contribution in [2.75, 3.05) is 13.2 Å². The van der Waals surface area contributed by atoms with Crippen LogP contribution in [0.25, 0.3) is 0 Å². The van der Waals surface area contributed by atoms with E-state index in [1.54, 1.807) is 0 Å². The van der Waals surface area contributed by atoms with E-state index in [0.717, 1.165) is 6.08 Å². The van der Waals surface area contributed by atoms with E-state index in [1.807, 2.05) is 0 Å². The molecule has 0 rings (SSSR count). The Hall–Kier alpha value is -1.10. The standard InChI is InChI=1S/C6H10N2O2S/c1-2-5(9)10-4-3-8-6(7)11/h2H,1,3-4H2,(H3,7,8,11). The molecule has 0 aromatic rings. The third kappa shape index (κ3) is 6.79. The van der Waals surface area contributed by atoms with Crippen molar-refractivity contribution in [2.24, 2.45) is 5.73 Å². The van der Waals surface area contributed by atoms with Gasteiger partial charge in [-0.3, -0.25) is 0 Å². The predicted molar refractivity (Wildman–Crippen MR) is 45.9 cm³/mol. The first-order valence-corrected chi connectivity index (χ1v) is 3.40. The fraction of sp³-hybridized carbons (Fsp3) is 0.333. The quantitative estimate of drug-likeness (QED) is 0.261. The average Bonchev–Trinajstić information content (AvgIpc) is 1.97. The molecule has 3 N–H and O–H groups in total. The number of carbonyl (C=O) groups excluding carboxylic acids is 1. The van der Waals surface area contributed by atoms with E-state index in [1.165, 1.54) is 0 Å². The second-order valence-corrected chi connectivity index (χ2v) is 2.10. The predicted octanol–water partition coefficient (Wildman–Crippen LogP) is -0.451. The Morgan fingerprint density at radius 3 is 2.91 bits per heavy atom. The lowest BCUT2D eigenvalue weighted by atomic mass is 10.6. The van der Waals surface area contributed by atoms with E-state index in [2.05, 4.69) is 28.9 Å². The van der Waals surface area contributed by atoms with Crippen LogP contribution >= 0.6 is 12.2 Å². The maximum Gasteiger partial charge on any atom is 0.330 e. The van der Waals surface area contributed by atoms with Crippen molar-refractivity contribution in [3.63, 3.8) is 0 Å². The lowest BCUT2D eigenvalue weighted by molar-refractivity contribution is -0.137. The molecular weight excluding hydrogens is 164 g/mol. The van der Waals surface area contributed by atoms with Gasteiger partial charge in [-0.05, 0) is 12.2 Å². The SMILES string of the molecule is C=CC(=O)OCCNC(N)=S. The van der Waals surface area contributed by atoms with Crippen molar-refractivity contribution >= 4 is 23.3 Å². The van der Waals surface area contributed by atoms with Gasteiger partial charge < -0.3 is 15.8 Å². The van der Waals surface area contributed by atoms with E-state index >= 15 is 0 Å². The molecule has 0 heterocycles. The molecule has 4 nitrogen and oxygen atoms in total. The van der Waals surface area contributed by atoms with Crippen LogP contribution in [0.15, 0.2) is 12.7 Å². The molecule has 0 saturated carbocycles. The van der Waals surface area contributed by atoms with Crippen LogP contribution in [0.4, 0.5) is 0 Å². The normalized spacial score (nSPS) is 8.36. The molecule has 0 aliphatic carbocycles. The molecule has 0 aliphatic rings. The van der Waals surface area contributed by atoms with Crippen LogP contribution in [0, 0.1) is 0 Å². The van der Waals surface area contributed by atoms with Gasteiger partial charge >= 0.3 is 5.97 Å². The highest BCUT2D eigenvalue weighted by molar-refractivity contribution is 7.80. The van der Waals surface area contributed by atoms with Gasteiger partial charge in [0.15, 0.2) is 5.11 Å². The van der Waals surface area contributed by atoms with Gasteiger partial charge in [0.2, 0.25) is 0 Å². The second-order valence-electron chi connectivity index (χ2n) is 1.66. The molecule has 0 aromatic heterocycles. The molecule has 0 saturated heterocycles. The van der Waals surface area contributed by atoms with Crippen LogP contribution in [0.5, 0.6) is 0 Å². The van der Waals surface area contributed by atoms with Crippen LogP contribution in [0.1, 0.15) is 0 Å². The summed E-state index contributed by atoms with van der Waals surface area (Å²) in [5.74, 6) is -0.449. The van der Waals surface area contributed by atoms with Crippen molar-refractivity contribution in [2.45, 2.75) is 0 Å². The third-order valence-corrected chi connectivity index (χ3v) is 0.957. The highest BCUT2D eigenvalue weighted by atomic mass is 32.1. The highest BCUT2D eigenvalue weighted by Gasteiger charge is 1.93. The van der Waals surface area contributed by atoms with Gasteiger partial charge in [-0.25, -0.2) is 4.79 Å². The van der Waals surface area contributed by atoms with Crippen molar-refractivity contribution in [3.8, 4) is 0 Å². The Kier molecular flexibility index (Phi) is 5.10. The molecule has 0 amide bonds. The van der Waals surface area contributed by atoms with Crippen molar-refractivity contribution in [1.82, 2.24) is 5.32 Å². The third-order valence-electron chi connectivity index (χ3n) is 0.812. The second kappa shape index (κ2) is 5.67. The summed E-state index contributed by atoms with van der Waals surface area (Å²) < 4.78 is 4.61. The smallest absolute Gasteiger partial charge is 0.330 e. The van der Waals surface area contributed by atoms with E-state index in [0.29, 0.717) is 6.54 Å². The van der Waals surface area contributed by atoms with Gasteiger partial charge in [-0.15, -0.1) is 0 Å². The van der Waals surface area contributed by atoms with Crippen LogP contribution < -0.4 is 11.1 Å². The van der Waals surface area contributed by atoms with Gasteiger partial charge in [-0.1, -0.05) is 6.58 Å². The Morgan fingerprint density at radius 1 is 1.82 bits per heavy atom. The zero-order valence-electron chi connectivity index (χ0n) is 6.00. The molecule has 0 unspecified atom stereocenters. The number of carbonyl (C=O) groups is 1. The molecule has 0 aromatic carbocycles. The van der Waals surface area contributed by atoms with Gasteiger partial charge in [0.25, 0.3) is 0 Å². The number of hydrogen-bond acceptors (Lipinski definition) is 3. The molecule has 0 radical (unpaired) electrons. The zero-order valence-corrected chi connectivity index (χ0v) is 6.82. The monoisotopic (exact) mass is 174 g/mol. The van der Waals surface area contributed by atoms with Crippen LogP contribution in [-0.4, -0.2) is 24.2 Å². The summed E-state index contributed by atoms with van der Waals surface area (Å²) in [6.07, 6.45) is 1.10. The highest BCUT2D eigenvalue weighted by Crippen LogP contribution is 1.76. The molecule has 0 spiro atoms. The number of hydrogen-bond donors (Lipinski definition) is 2. The summed E-state index contributed by atoms with van der Waals surface area (Å²) in [6, 6.07) is 0. The van der Waals surface area contributed by atoms with Crippen molar-refractivity contribution in [3.05, 3.63) is 12.7 Å². The van der Waals surface area contributed by atoms with Crippen molar-refractivity contribution < 1.29 is 9.53 Å². The first kappa shape index (κ1) is 9.90. The maximum atomic E-state index is 10.4. The molecule has 0 fully saturated rings. The summed E-state index contributed by atoms with van der Waals surface area (Å²) in [6.45, 7) is 3.89. The Bertz CT molecular complexity index is 170. The Balaban J connectivity index is 3.21. The molecule has 62 valence electrons. The van der Waals surface area contributed by atoms with Gasteiger partial charge in [0.05, 0.1) is 6.54 Å². The van der Waals surface area contributed by atoms with Gasteiger partial charge in [-0.2, -0.15) is 0 Å². The average molecular weight is 174 g/mol. The first-order chi connectivity index (χ1) is 5.16. The molecule has 0 aliphatic heterocycles. The fourth-order valence-corrected chi connectivity index (χ4v) is 0.487. The number of nitrogens with two attached hydrogens (primary N) is 1. The minimum Gasteiger partial charge on any atom is -0.461 e. The number of esters is 1. The van der Waals surface area contributed by atoms with Gasteiger partial charge in [0, 0.05) is 6.08 Å². The summed E-state index contributed by atoms with van der Waals surface area (Å²) in [5, 5.41) is 2.82. The maximum absolute atomic E-state index is 10.4. The molecule has 0 bridgehead atoms. The minimum atomic E-state index is -0.449. The van der Waals surface area contributed by atoms with Crippen LogP contribution in [0.2, 0.25) is 0 Å². The van der Waals surface area contributed by atoms with E-state index in [9.17, 15) is 4.79 Å². The minimum absolute atomic E-state index is 0.194. The van der Waals surface area contributed by atoms with Crippen LogP contribution in [-0.2, 0) is 9.53 Å². The number of thiocarbonyl (C=S) groups is 1. The zero-order chi connectivity index (χ0) is 8.69. The lowest BCUT2D eigenvalue weighted by Gasteiger charge is -2.02. The number of nitrogens with one attached hydrogen (secondary N) is 1. The summed E-state index contributed by atoms with van der Waals surface area (Å²) >= 11 is 4.51. The summed E-state index contributed by atoms with van der Waals surface area (Å²) in [5.41, 5.74) is 5.10. The Morgan fingerprint density at radius 2 is 2.45 bits per heavy atom. The largest absolute Gasteiger partial charge is 0.461 e. The summed E-state index contributed by atoms with van der Waals surface area (Å²) in [7, 11) is 0. The first-order valence-electron chi connectivity index (χ1n) is 2.99. The lowest BCUT2D eigenvalue weighted by Crippen LogP contribution is -2.32. The topological polar surface area (TPSA) is 64.3 Å². The van der Waals surface area contributed by atoms with Crippen LogP contribution in [0.3, 0.4) is 0 Å². The molecule has 5 heteroatoms. The fourth-order valence-electron chi connectivity index (χ4n) is 0.385. The van der Waals surface area contributed by atoms with E-state index in [-0.39, 0.29) is 11.7 Å².